The normalized spacial score (nSPS) is 10.8. The van der Waals surface area contributed by atoms with E-state index in [1.165, 1.54) is 0 Å². The molecule has 4 N–H and O–H groups in total. The quantitative estimate of drug-likeness (QED) is 0.306. The molecule has 0 bridgehead atoms. The fourth-order valence-corrected chi connectivity index (χ4v) is 4.15. The largest absolute Gasteiger partial charge is 0.457 e. The van der Waals surface area contributed by atoms with Gasteiger partial charge in [0.1, 0.15) is 28.0 Å². The zero-order valence-corrected chi connectivity index (χ0v) is 17.3. The molecule has 0 aliphatic rings. The fraction of sp³-hybridized carbons (Fsp3) is 0. The summed E-state index contributed by atoms with van der Waals surface area (Å²) < 4.78 is 13.1. The number of nitrogens with zero attached hydrogens (tertiary/aromatic N) is 1. The first kappa shape index (κ1) is 19.0. The first-order chi connectivity index (χ1) is 15.1. The molecule has 0 saturated heterocycles. The number of hydrogen-bond acceptors (Lipinski definition) is 6. The molecule has 0 spiro atoms. The van der Waals surface area contributed by atoms with E-state index in [1.54, 1.807) is 11.3 Å². The van der Waals surface area contributed by atoms with Crippen LogP contribution in [0.5, 0.6) is 23.0 Å². The number of thiazole rings is 1. The summed E-state index contributed by atoms with van der Waals surface area (Å²) in [5, 5.41) is 0.852. The monoisotopic (exact) mass is 425 g/mol. The second kappa shape index (κ2) is 8.01. The van der Waals surface area contributed by atoms with E-state index >= 15 is 0 Å². The summed E-state index contributed by atoms with van der Waals surface area (Å²) in [6.45, 7) is 0. The van der Waals surface area contributed by atoms with Gasteiger partial charge in [-0.3, -0.25) is 0 Å². The molecule has 6 heteroatoms. The lowest BCUT2D eigenvalue weighted by Gasteiger charge is -2.10. The van der Waals surface area contributed by atoms with Gasteiger partial charge in [0.25, 0.3) is 0 Å². The molecule has 0 fully saturated rings. The van der Waals surface area contributed by atoms with Gasteiger partial charge in [0, 0.05) is 23.5 Å². The van der Waals surface area contributed by atoms with Gasteiger partial charge in [0.2, 0.25) is 0 Å². The number of aromatic nitrogens is 1. The molecule has 1 aromatic heterocycles. The molecule has 0 atom stereocenters. The standard InChI is InChI=1S/C25H19N3O2S/c26-16-6-9-19(10-7-16)29-20-11-13-24-22(15-20)28-25(31-24)21-12-8-17(27)14-23(21)30-18-4-2-1-3-5-18/h1-15H,26-27H2. The van der Waals surface area contributed by atoms with E-state index in [9.17, 15) is 0 Å². The molecule has 0 unspecified atom stereocenters. The molecule has 0 amide bonds. The Labute approximate surface area is 183 Å². The number of para-hydroxylation sites is 1. The number of rotatable bonds is 5. The van der Waals surface area contributed by atoms with E-state index in [-0.39, 0.29) is 0 Å². The zero-order valence-electron chi connectivity index (χ0n) is 16.5. The van der Waals surface area contributed by atoms with Crippen molar-refractivity contribution < 1.29 is 9.47 Å². The number of benzene rings is 4. The highest BCUT2D eigenvalue weighted by atomic mass is 32.1. The van der Waals surface area contributed by atoms with Crippen molar-refractivity contribution in [3.63, 3.8) is 0 Å². The molecule has 0 aliphatic carbocycles. The number of nitrogen functional groups attached to an aromatic ring is 2. The van der Waals surface area contributed by atoms with E-state index in [0.29, 0.717) is 22.9 Å². The van der Waals surface area contributed by atoms with Gasteiger partial charge in [0.15, 0.2) is 0 Å². The highest BCUT2D eigenvalue weighted by molar-refractivity contribution is 7.21. The van der Waals surface area contributed by atoms with Crippen LogP contribution < -0.4 is 20.9 Å². The van der Waals surface area contributed by atoms with Crippen molar-refractivity contribution >= 4 is 32.9 Å². The minimum atomic E-state index is 0.634. The molecular formula is C25H19N3O2S. The third-order valence-corrected chi connectivity index (χ3v) is 5.75. The van der Waals surface area contributed by atoms with Gasteiger partial charge in [-0.05, 0) is 60.7 Å². The summed E-state index contributed by atoms with van der Waals surface area (Å²) in [6, 6.07) is 28.4. The Morgan fingerprint density at radius 1 is 0.645 bits per heavy atom. The first-order valence-corrected chi connectivity index (χ1v) is 10.5. The molecule has 4 aromatic carbocycles. The molecule has 0 radical (unpaired) electrons. The Morgan fingerprint density at radius 2 is 1.35 bits per heavy atom. The molecule has 31 heavy (non-hydrogen) atoms. The third kappa shape index (κ3) is 4.15. The van der Waals surface area contributed by atoms with Gasteiger partial charge >= 0.3 is 0 Å². The SMILES string of the molecule is Nc1ccc(Oc2ccc3sc(-c4ccc(N)cc4Oc4ccccc4)nc3c2)cc1. The molecule has 152 valence electrons. The number of anilines is 2. The molecule has 0 aliphatic heterocycles. The van der Waals surface area contributed by atoms with E-state index in [1.807, 2.05) is 91.0 Å². The van der Waals surface area contributed by atoms with Crippen molar-refractivity contribution in [1.29, 1.82) is 0 Å². The van der Waals surface area contributed by atoms with Crippen molar-refractivity contribution in [3.05, 3.63) is 91.0 Å². The Hall–Kier alpha value is -4.03. The molecule has 5 rings (SSSR count). The fourth-order valence-electron chi connectivity index (χ4n) is 3.17. The van der Waals surface area contributed by atoms with Crippen molar-refractivity contribution in [2.75, 3.05) is 11.5 Å². The van der Waals surface area contributed by atoms with Crippen LogP contribution in [0.15, 0.2) is 91.0 Å². The van der Waals surface area contributed by atoms with E-state index in [0.717, 1.165) is 32.3 Å². The van der Waals surface area contributed by atoms with E-state index < -0.39 is 0 Å². The summed E-state index contributed by atoms with van der Waals surface area (Å²) in [7, 11) is 0. The Kier molecular flexibility index (Phi) is 4.90. The van der Waals surface area contributed by atoms with E-state index in [4.69, 9.17) is 25.9 Å². The predicted octanol–water partition coefficient (Wildman–Crippen LogP) is 6.71. The summed E-state index contributed by atoms with van der Waals surface area (Å²) in [6.07, 6.45) is 0. The first-order valence-electron chi connectivity index (χ1n) is 9.71. The van der Waals surface area contributed by atoms with Crippen LogP contribution in [0, 0.1) is 0 Å². The highest BCUT2D eigenvalue weighted by Gasteiger charge is 2.14. The molecular weight excluding hydrogens is 406 g/mol. The summed E-state index contributed by atoms with van der Waals surface area (Å²) in [5.74, 6) is 2.85. The van der Waals surface area contributed by atoms with Gasteiger partial charge in [-0.2, -0.15) is 0 Å². The maximum absolute atomic E-state index is 6.10. The molecule has 1 heterocycles. The summed E-state index contributed by atoms with van der Waals surface area (Å²) in [5.41, 5.74) is 14.8. The average molecular weight is 426 g/mol. The number of nitrogens with two attached hydrogens (primary N) is 2. The van der Waals surface area contributed by atoms with Gasteiger partial charge in [-0.25, -0.2) is 4.98 Å². The van der Waals surface area contributed by atoms with Crippen LogP contribution in [0.4, 0.5) is 11.4 Å². The Bertz CT molecular complexity index is 1350. The van der Waals surface area contributed by atoms with Crippen LogP contribution in [0.1, 0.15) is 0 Å². The van der Waals surface area contributed by atoms with Crippen LogP contribution in [-0.2, 0) is 0 Å². The molecule has 5 nitrogen and oxygen atoms in total. The topological polar surface area (TPSA) is 83.4 Å². The molecule has 0 saturated carbocycles. The van der Waals surface area contributed by atoms with Crippen LogP contribution in [0.2, 0.25) is 0 Å². The highest BCUT2D eigenvalue weighted by Crippen LogP contribution is 2.39. The van der Waals surface area contributed by atoms with Crippen LogP contribution in [-0.4, -0.2) is 4.98 Å². The van der Waals surface area contributed by atoms with Gasteiger partial charge < -0.3 is 20.9 Å². The van der Waals surface area contributed by atoms with E-state index in [2.05, 4.69) is 0 Å². The maximum atomic E-state index is 6.10. The lowest BCUT2D eigenvalue weighted by Crippen LogP contribution is -1.91. The zero-order chi connectivity index (χ0) is 21.2. The Morgan fingerprint density at radius 3 is 2.16 bits per heavy atom. The van der Waals surface area contributed by atoms with Crippen molar-refractivity contribution in [2.24, 2.45) is 0 Å². The van der Waals surface area contributed by atoms with Gasteiger partial charge in [-0.15, -0.1) is 11.3 Å². The minimum absolute atomic E-state index is 0.634. The van der Waals surface area contributed by atoms with Crippen molar-refractivity contribution in [2.45, 2.75) is 0 Å². The third-order valence-electron chi connectivity index (χ3n) is 4.68. The lowest BCUT2D eigenvalue weighted by molar-refractivity contribution is 0.483. The van der Waals surface area contributed by atoms with Crippen molar-refractivity contribution in [1.82, 2.24) is 4.98 Å². The minimum Gasteiger partial charge on any atom is -0.457 e. The van der Waals surface area contributed by atoms with Crippen molar-refractivity contribution in [3.8, 4) is 33.6 Å². The van der Waals surface area contributed by atoms with Crippen LogP contribution in [0.3, 0.4) is 0 Å². The van der Waals surface area contributed by atoms with Crippen LogP contribution >= 0.6 is 11.3 Å². The maximum Gasteiger partial charge on any atom is 0.139 e. The predicted molar refractivity (Wildman–Crippen MR) is 127 cm³/mol. The number of fused-ring (bicyclic) bond motifs is 1. The van der Waals surface area contributed by atoms with Crippen LogP contribution in [0.25, 0.3) is 20.8 Å². The van der Waals surface area contributed by atoms with Gasteiger partial charge in [-0.1, -0.05) is 18.2 Å². The number of hydrogen-bond donors (Lipinski definition) is 2. The average Bonchev–Trinajstić information content (AvgIpc) is 3.19. The Balaban J connectivity index is 1.48. The second-order valence-electron chi connectivity index (χ2n) is 6.99. The summed E-state index contributed by atoms with van der Waals surface area (Å²) >= 11 is 1.59. The smallest absolute Gasteiger partial charge is 0.139 e. The van der Waals surface area contributed by atoms with Gasteiger partial charge in [0.05, 0.1) is 15.8 Å². The lowest BCUT2D eigenvalue weighted by atomic mass is 10.2. The summed E-state index contributed by atoms with van der Waals surface area (Å²) in [4.78, 5) is 4.83. The molecule has 5 aromatic rings. The number of ether oxygens (including phenoxy) is 2. The second-order valence-corrected chi connectivity index (χ2v) is 8.02.